The van der Waals surface area contributed by atoms with Crippen LogP contribution in [0, 0.1) is 10.1 Å². The van der Waals surface area contributed by atoms with Crippen molar-refractivity contribution in [2.75, 3.05) is 18.5 Å². The van der Waals surface area contributed by atoms with E-state index in [1.165, 1.54) is 6.07 Å². The van der Waals surface area contributed by atoms with Crippen LogP contribution in [0.2, 0.25) is 0 Å². The number of nitrogens with one attached hydrogen (secondary N) is 1. The van der Waals surface area contributed by atoms with E-state index in [1.807, 2.05) is 20.8 Å². The summed E-state index contributed by atoms with van der Waals surface area (Å²) in [6, 6.07) is 4.75. The van der Waals surface area contributed by atoms with Crippen molar-refractivity contribution in [2.24, 2.45) is 5.73 Å². The Kier molecular flexibility index (Phi) is 5.11. The Morgan fingerprint density at radius 3 is 2.68 bits per heavy atom. The molecule has 0 saturated carbocycles. The first-order valence-corrected chi connectivity index (χ1v) is 6.29. The fourth-order valence-corrected chi connectivity index (χ4v) is 1.51. The van der Waals surface area contributed by atoms with Gasteiger partial charge in [-0.15, -0.1) is 0 Å². The molecular formula is C13H21N3O3. The van der Waals surface area contributed by atoms with Crippen LogP contribution in [0.5, 0.6) is 5.75 Å². The molecule has 3 N–H and O–H groups in total. The fourth-order valence-electron chi connectivity index (χ4n) is 1.51. The molecule has 0 spiro atoms. The van der Waals surface area contributed by atoms with E-state index in [0.29, 0.717) is 13.2 Å². The highest BCUT2D eigenvalue weighted by molar-refractivity contribution is 5.58. The molecule has 0 fully saturated rings. The van der Waals surface area contributed by atoms with Crippen LogP contribution in [0.15, 0.2) is 18.2 Å². The van der Waals surface area contributed by atoms with Crippen molar-refractivity contribution in [1.82, 2.24) is 0 Å². The first-order valence-electron chi connectivity index (χ1n) is 6.29. The topological polar surface area (TPSA) is 90.4 Å². The highest BCUT2D eigenvalue weighted by Crippen LogP contribution is 2.31. The molecule has 1 aromatic carbocycles. The van der Waals surface area contributed by atoms with Crippen molar-refractivity contribution in [3.8, 4) is 5.75 Å². The summed E-state index contributed by atoms with van der Waals surface area (Å²) < 4.78 is 5.42. The summed E-state index contributed by atoms with van der Waals surface area (Å²) in [6.07, 6.45) is 0.795. The van der Waals surface area contributed by atoms with Crippen LogP contribution in [-0.4, -0.2) is 23.6 Å². The Morgan fingerprint density at radius 2 is 2.16 bits per heavy atom. The van der Waals surface area contributed by atoms with Gasteiger partial charge in [-0.05, 0) is 26.3 Å². The van der Waals surface area contributed by atoms with Gasteiger partial charge in [-0.25, -0.2) is 0 Å². The van der Waals surface area contributed by atoms with Crippen molar-refractivity contribution in [2.45, 2.75) is 32.7 Å². The quantitative estimate of drug-likeness (QED) is 0.585. The van der Waals surface area contributed by atoms with E-state index in [4.69, 9.17) is 10.5 Å². The number of nitro benzene ring substituents is 1. The highest BCUT2D eigenvalue weighted by atomic mass is 16.6. The molecule has 19 heavy (non-hydrogen) atoms. The van der Waals surface area contributed by atoms with E-state index in [-0.39, 0.29) is 17.0 Å². The second-order valence-electron chi connectivity index (χ2n) is 5.00. The third-order valence-electron chi connectivity index (χ3n) is 2.61. The number of anilines is 1. The lowest BCUT2D eigenvalue weighted by Crippen LogP contribution is -2.39. The van der Waals surface area contributed by atoms with Crippen molar-refractivity contribution in [3.05, 3.63) is 28.3 Å². The first-order chi connectivity index (χ1) is 8.89. The summed E-state index contributed by atoms with van der Waals surface area (Å²) in [6.45, 7) is 6.77. The van der Waals surface area contributed by atoms with E-state index in [9.17, 15) is 10.1 Å². The molecule has 0 aliphatic heterocycles. The monoisotopic (exact) mass is 267 g/mol. The average Bonchev–Trinajstić information content (AvgIpc) is 2.35. The molecule has 1 rings (SSSR count). The van der Waals surface area contributed by atoms with Gasteiger partial charge in [0.05, 0.1) is 11.5 Å². The Bertz CT molecular complexity index is 447. The fraction of sp³-hybridized carbons (Fsp3) is 0.538. The van der Waals surface area contributed by atoms with Crippen LogP contribution < -0.4 is 15.8 Å². The Morgan fingerprint density at radius 1 is 1.47 bits per heavy atom. The second-order valence-corrected chi connectivity index (χ2v) is 5.00. The Balaban J connectivity index is 3.00. The molecule has 0 radical (unpaired) electrons. The SMILES string of the molecule is CCCOc1cc(NC(C)(C)CN)ccc1[N+](=O)[O-]. The Hall–Kier alpha value is -1.82. The maximum absolute atomic E-state index is 10.9. The van der Waals surface area contributed by atoms with Crippen LogP contribution in [0.1, 0.15) is 27.2 Å². The Labute approximate surface area is 113 Å². The number of hydrogen-bond donors (Lipinski definition) is 2. The van der Waals surface area contributed by atoms with E-state index in [2.05, 4.69) is 5.32 Å². The molecule has 0 heterocycles. The minimum Gasteiger partial charge on any atom is -0.487 e. The maximum atomic E-state index is 10.9. The number of nitro groups is 1. The smallest absolute Gasteiger partial charge is 0.311 e. The van der Waals surface area contributed by atoms with Crippen molar-refractivity contribution in [3.63, 3.8) is 0 Å². The number of ether oxygens (including phenoxy) is 1. The molecule has 0 aliphatic carbocycles. The van der Waals surface area contributed by atoms with Gasteiger partial charge in [-0.2, -0.15) is 0 Å². The van der Waals surface area contributed by atoms with Crippen molar-refractivity contribution < 1.29 is 9.66 Å². The van der Waals surface area contributed by atoms with Gasteiger partial charge >= 0.3 is 5.69 Å². The van der Waals surface area contributed by atoms with Crippen LogP contribution >= 0.6 is 0 Å². The summed E-state index contributed by atoms with van der Waals surface area (Å²) in [4.78, 5) is 10.5. The van der Waals surface area contributed by atoms with Gasteiger partial charge in [-0.1, -0.05) is 6.92 Å². The van der Waals surface area contributed by atoms with Crippen LogP contribution in [0.4, 0.5) is 11.4 Å². The number of hydrogen-bond acceptors (Lipinski definition) is 5. The lowest BCUT2D eigenvalue weighted by atomic mass is 10.1. The van der Waals surface area contributed by atoms with Crippen LogP contribution in [0.3, 0.4) is 0 Å². The predicted molar refractivity (Wildman–Crippen MR) is 75.6 cm³/mol. The van der Waals surface area contributed by atoms with Gasteiger partial charge in [0, 0.05) is 29.9 Å². The summed E-state index contributed by atoms with van der Waals surface area (Å²) in [5.74, 6) is 0.282. The molecule has 0 atom stereocenters. The van der Waals surface area contributed by atoms with Crippen LogP contribution in [0.25, 0.3) is 0 Å². The predicted octanol–water partition coefficient (Wildman–Crippen LogP) is 2.53. The summed E-state index contributed by atoms with van der Waals surface area (Å²) in [5, 5.41) is 14.1. The molecule has 0 saturated heterocycles. The zero-order valence-corrected chi connectivity index (χ0v) is 11.6. The summed E-state index contributed by atoms with van der Waals surface area (Å²) in [7, 11) is 0. The van der Waals surface area contributed by atoms with Crippen molar-refractivity contribution >= 4 is 11.4 Å². The molecule has 0 aromatic heterocycles. The largest absolute Gasteiger partial charge is 0.487 e. The average molecular weight is 267 g/mol. The number of nitrogens with zero attached hydrogens (tertiary/aromatic N) is 1. The van der Waals surface area contributed by atoms with Crippen LogP contribution in [-0.2, 0) is 0 Å². The van der Waals surface area contributed by atoms with Gasteiger partial charge in [0.25, 0.3) is 0 Å². The van der Waals surface area contributed by atoms with E-state index < -0.39 is 4.92 Å². The van der Waals surface area contributed by atoms with Crippen molar-refractivity contribution in [1.29, 1.82) is 0 Å². The number of rotatable bonds is 7. The van der Waals surface area contributed by atoms with Gasteiger partial charge in [-0.3, -0.25) is 10.1 Å². The standard InChI is InChI=1S/C13H21N3O3/c1-4-7-19-12-8-10(15-13(2,3)9-14)5-6-11(12)16(17)18/h5-6,8,15H,4,7,9,14H2,1-3H3. The zero-order chi connectivity index (χ0) is 14.5. The summed E-state index contributed by atoms with van der Waals surface area (Å²) >= 11 is 0. The first kappa shape index (κ1) is 15.2. The minimum atomic E-state index is -0.442. The van der Waals surface area contributed by atoms with Gasteiger partial charge in [0.15, 0.2) is 5.75 Å². The number of nitrogens with two attached hydrogens (primary N) is 1. The third-order valence-corrected chi connectivity index (χ3v) is 2.61. The third kappa shape index (κ3) is 4.40. The molecule has 6 nitrogen and oxygen atoms in total. The molecular weight excluding hydrogens is 246 g/mol. The second kappa shape index (κ2) is 6.38. The molecule has 1 aromatic rings. The molecule has 0 unspecified atom stereocenters. The highest BCUT2D eigenvalue weighted by Gasteiger charge is 2.19. The van der Waals surface area contributed by atoms with E-state index >= 15 is 0 Å². The van der Waals surface area contributed by atoms with E-state index in [0.717, 1.165) is 12.1 Å². The molecule has 0 aliphatic rings. The lowest BCUT2D eigenvalue weighted by molar-refractivity contribution is -0.385. The maximum Gasteiger partial charge on any atom is 0.311 e. The molecule has 6 heteroatoms. The summed E-state index contributed by atoms with van der Waals surface area (Å²) in [5.41, 5.74) is 6.10. The number of benzene rings is 1. The zero-order valence-electron chi connectivity index (χ0n) is 11.6. The van der Waals surface area contributed by atoms with Gasteiger partial charge in [0.2, 0.25) is 0 Å². The minimum absolute atomic E-state index is 0.0236. The molecule has 0 bridgehead atoms. The van der Waals surface area contributed by atoms with Gasteiger partial charge in [0.1, 0.15) is 0 Å². The van der Waals surface area contributed by atoms with E-state index in [1.54, 1.807) is 12.1 Å². The molecule has 106 valence electrons. The van der Waals surface area contributed by atoms with Gasteiger partial charge < -0.3 is 15.8 Å². The normalized spacial score (nSPS) is 11.2. The molecule has 0 amide bonds. The lowest BCUT2D eigenvalue weighted by Gasteiger charge is -2.25.